The summed E-state index contributed by atoms with van der Waals surface area (Å²) in [6.45, 7) is 4.97. The summed E-state index contributed by atoms with van der Waals surface area (Å²) in [6, 6.07) is 8.87. The van der Waals surface area contributed by atoms with Crippen LogP contribution in [0.3, 0.4) is 0 Å². The molecule has 32 heavy (non-hydrogen) atoms. The van der Waals surface area contributed by atoms with Gasteiger partial charge in [-0.3, -0.25) is 0 Å². The first-order valence-corrected chi connectivity index (χ1v) is 10.1. The Kier molecular flexibility index (Phi) is 5.05. The Morgan fingerprint density at radius 2 is 1.78 bits per heavy atom. The predicted molar refractivity (Wildman–Crippen MR) is 111 cm³/mol. The normalized spacial score (nSPS) is 20.6. The van der Waals surface area contributed by atoms with Crippen LogP contribution in [0, 0.1) is 28.8 Å². The molecule has 4 rings (SSSR count). The molecule has 1 aliphatic rings. The van der Waals surface area contributed by atoms with Crippen LogP contribution in [0.4, 0.5) is 18.0 Å². The van der Waals surface area contributed by atoms with Crippen molar-refractivity contribution in [2.24, 2.45) is 0 Å². The van der Waals surface area contributed by atoms with E-state index in [9.17, 15) is 23.9 Å². The molecule has 8 heteroatoms. The predicted octanol–water partition coefficient (Wildman–Crippen LogP) is 5.64. The Hall–Kier alpha value is -3.31. The molecule has 0 saturated heterocycles. The highest BCUT2D eigenvalue weighted by Gasteiger charge is 2.46. The van der Waals surface area contributed by atoms with E-state index in [1.807, 2.05) is 6.07 Å². The number of rotatable bonds is 2. The minimum absolute atomic E-state index is 0.0310. The van der Waals surface area contributed by atoms with Gasteiger partial charge in [-0.05, 0) is 81.0 Å². The van der Waals surface area contributed by atoms with Crippen molar-refractivity contribution in [2.75, 3.05) is 0 Å². The van der Waals surface area contributed by atoms with Crippen molar-refractivity contribution in [3.05, 3.63) is 59.4 Å². The summed E-state index contributed by atoms with van der Waals surface area (Å²) in [7, 11) is 0. The Bertz CT molecular complexity index is 1260. The van der Waals surface area contributed by atoms with E-state index in [0.717, 1.165) is 10.6 Å². The van der Waals surface area contributed by atoms with Gasteiger partial charge < -0.3 is 9.84 Å². The molecular formula is C24H21F3N2O3. The van der Waals surface area contributed by atoms with Gasteiger partial charge >= 0.3 is 6.09 Å². The quantitative estimate of drug-likeness (QED) is 0.521. The number of nitrogens with zero attached hydrogens (tertiary/aromatic N) is 2. The van der Waals surface area contributed by atoms with Crippen LogP contribution in [0.25, 0.3) is 22.2 Å². The van der Waals surface area contributed by atoms with Gasteiger partial charge in [-0.2, -0.15) is 5.26 Å². The molecule has 0 aliphatic heterocycles. The monoisotopic (exact) mass is 442 g/mol. The van der Waals surface area contributed by atoms with Gasteiger partial charge in [0.2, 0.25) is 0 Å². The lowest BCUT2D eigenvalue weighted by Crippen LogP contribution is -2.41. The number of carbonyl (C=O) groups is 1. The summed E-state index contributed by atoms with van der Waals surface area (Å²) in [6.07, 6.45) is -0.819. The van der Waals surface area contributed by atoms with Crippen molar-refractivity contribution >= 4 is 17.0 Å². The highest BCUT2D eigenvalue weighted by atomic mass is 19.1. The molecule has 0 radical (unpaired) electrons. The zero-order valence-corrected chi connectivity index (χ0v) is 17.7. The molecule has 5 nitrogen and oxygen atoms in total. The van der Waals surface area contributed by atoms with Gasteiger partial charge in [0.1, 0.15) is 17.2 Å². The van der Waals surface area contributed by atoms with E-state index in [4.69, 9.17) is 4.74 Å². The van der Waals surface area contributed by atoms with Crippen molar-refractivity contribution < 1.29 is 27.8 Å². The molecule has 2 aromatic carbocycles. The Morgan fingerprint density at radius 3 is 2.34 bits per heavy atom. The first kappa shape index (κ1) is 21.9. The lowest BCUT2D eigenvalue weighted by Gasteiger charge is -2.39. The first-order chi connectivity index (χ1) is 14.9. The number of aliphatic hydroxyl groups is 1. The summed E-state index contributed by atoms with van der Waals surface area (Å²) in [5.41, 5.74) is -1.64. The van der Waals surface area contributed by atoms with Crippen LogP contribution in [0.2, 0.25) is 0 Å². The molecule has 0 atom stereocenters. The number of hydrogen-bond acceptors (Lipinski definition) is 4. The van der Waals surface area contributed by atoms with E-state index in [0.29, 0.717) is 17.2 Å². The summed E-state index contributed by atoms with van der Waals surface area (Å²) < 4.78 is 49.4. The lowest BCUT2D eigenvalue weighted by atomic mass is 9.67. The maximum absolute atomic E-state index is 15.0. The summed E-state index contributed by atoms with van der Waals surface area (Å²) in [5, 5.41) is 19.6. The second-order valence-corrected chi connectivity index (χ2v) is 9.12. The Morgan fingerprint density at radius 1 is 1.16 bits per heavy atom. The lowest BCUT2D eigenvalue weighted by molar-refractivity contribution is 0.00447. The van der Waals surface area contributed by atoms with E-state index in [-0.39, 0.29) is 29.4 Å². The van der Waals surface area contributed by atoms with Crippen molar-refractivity contribution in [1.29, 1.82) is 5.26 Å². The minimum atomic E-state index is -1.56. The number of fused-ring (bicyclic) bond motifs is 1. The van der Waals surface area contributed by atoms with Gasteiger partial charge in [-0.15, -0.1) is 0 Å². The van der Waals surface area contributed by atoms with Gasteiger partial charge in [0.05, 0.1) is 17.3 Å². The SMILES string of the molecule is CC(C)(C)OC(=O)n1c(-c2ccc(F)cc2)c(C2CC(O)(C#N)C2)c2cc(F)cc(F)c21. The molecule has 1 aromatic heterocycles. The number of halogens is 3. The minimum Gasteiger partial charge on any atom is -0.443 e. The number of nitriles is 1. The van der Waals surface area contributed by atoms with Crippen LogP contribution < -0.4 is 0 Å². The largest absolute Gasteiger partial charge is 0.443 e. The third kappa shape index (κ3) is 3.73. The molecular weight excluding hydrogens is 421 g/mol. The van der Waals surface area contributed by atoms with E-state index in [2.05, 4.69) is 0 Å². The van der Waals surface area contributed by atoms with Gasteiger partial charge in [0.25, 0.3) is 0 Å². The maximum Gasteiger partial charge on any atom is 0.419 e. The smallest absolute Gasteiger partial charge is 0.419 e. The molecule has 1 aliphatic carbocycles. The molecule has 0 amide bonds. The third-order valence-electron chi connectivity index (χ3n) is 5.50. The van der Waals surface area contributed by atoms with Gasteiger partial charge in [-0.25, -0.2) is 22.5 Å². The molecule has 1 fully saturated rings. The number of benzene rings is 2. The van der Waals surface area contributed by atoms with E-state index >= 15 is 4.39 Å². The Labute approximate surface area is 182 Å². The van der Waals surface area contributed by atoms with Crippen LogP contribution in [0.1, 0.15) is 45.1 Å². The van der Waals surface area contributed by atoms with E-state index in [1.54, 1.807) is 20.8 Å². The van der Waals surface area contributed by atoms with Crippen LogP contribution in [0.15, 0.2) is 36.4 Å². The number of hydrogen-bond donors (Lipinski definition) is 1. The first-order valence-electron chi connectivity index (χ1n) is 10.1. The Balaban J connectivity index is 2.06. The highest BCUT2D eigenvalue weighted by molar-refractivity contribution is 6.00. The van der Waals surface area contributed by atoms with Gasteiger partial charge in [0, 0.05) is 11.5 Å². The summed E-state index contributed by atoms with van der Waals surface area (Å²) in [5.74, 6) is -2.75. The molecule has 1 saturated carbocycles. The molecule has 0 spiro atoms. The second-order valence-electron chi connectivity index (χ2n) is 9.12. The molecule has 3 aromatic rings. The van der Waals surface area contributed by atoms with Crippen LogP contribution in [-0.4, -0.2) is 27.0 Å². The molecule has 0 unspecified atom stereocenters. The average molecular weight is 442 g/mol. The topological polar surface area (TPSA) is 75.2 Å². The average Bonchev–Trinajstić information content (AvgIpc) is 3.00. The number of carbonyl (C=O) groups excluding carboxylic acids is 1. The van der Waals surface area contributed by atoms with Gasteiger partial charge in [-0.1, -0.05) is 0 Å². The zero-order chi connectivity index (χ0) is 23.4. The maximum atomic E-state index is 15.0. The van der Waals surface area contributed by atoms with E-state index < -0.39 is 40.7 Å². The fraction of sp³-hybridized carbons (Fsp3) is 0.333. The molecule has 1 N–H and O–H groups in total. The highest BCUT2D eigenvalue weighted by Crippen LogP contribution is 2.51. The zero-order valence-electron chi connectivity index (χ0n) is 17.7. The van der Waals surface area contributed by atoms with Crippen LogP contribution >= 0.6 is 0 Å². The third-order valence-corrected chi connectivity index (χ3v) is 5.50. The second kappa shape index (κ2) is 7.38. The summed E-state index contributed by atoms with van der Waals surface area (Å²) in [4.78, 5) is 13.2. The van der Waals surface area contributed by atoms with Crippen molar-refractivity contribution in [3.63, 3.8) is 0 Å². The van der Waals surface area contributed by atoms with Gasteiger partial charge in [0.15, 0.2) is 11.4 Å². The molecule has 0 bridgehead atoms. The number of aromatic nitrogens is 1. The fourth-order valence-corrected chi connectivity index (χ4v) is 4.21. The van der Waals surface area contributed by atoms with E-state index in [1.165, 1.54) is 24.3 Å². The number of ether oxygens (including phenoxy) is 1. The van der Waals surface area contributed by atoms with Crippen molar-refractivity contribution in [3.8, 4) is 17.3 Å². The fourth-order valence-electron chi connectivity index (χ4n) is 4.21. The van der Waals surface area contributed by atoms with Crippen molar-refractivity contribution in [2.45, 2.75) is 50.7 Å². The summed E-state index contributed by atoms with van der Waals surface area (Å²) >= 11 is 0. The van der Waals surface area contributed by atoms with Crippen LogP contribution in [0.5, 0.6) is 0 Å². The molecule has 166 valence electrons. The van der Waals surface area contributed by atoms with Crippen LogP contribution in [-0.2, 0) is 4.74 Å². The standard InChI is InChI=1S/C24H21F3N2O3/c1-23(2,3)32-22(30)29-20(13-4-6-15(25)7-5-13)19(14-10-24(31,11-14)12-28)17-8-16(26)9-18(27)21(17)29/h4-9,14,31H,10-11H2,1-3H3. The van der Waals surface area contributed by atoms with Crippen molar-refractivity contribution in [1.82, 2.24) is 4.57 Å². The molecule has 1 heterocycles.